The number of methoxy groups -OCH3 is 2. The number of carbonyl (C=O) groups is 1. The molecule has 2 aromatic heterocycles. The van der Waals surface area contributed by atoms with Gasteiger partial charge in [0, 0.05) is 10.6 Å². The van der Waals surface area contributed by atoms with Crippen LogP contribution in [-0.4, -0.2) is 39.9 Å². The summed E-state index contributed by atoms with van der Waals surface area (Å²) in [5, 5.41) is 5.64. The molecule has 4 aromatic rings. The maximum atomic E-state index is 12.5. The number of aromatic nitrogens is 4. The van der Waals surface area contributed by atoms with Crippen molar-refractivity contribution in [1.82, 2.24) is 25.2 Å². The Kier molecular flexibility index (Phi) is 5.36. The van der Waals surface area contributed by atoms with Crippen LogP contribution in [0, 0.1) is 0 Å². The summed E-state index contributed by atoms with van der Waals surface area (Å²) in [7, 11) is 3.04. The molecule has 0 atom stereocenters. The largest absolute Gasteiger partial charge is 0.493 e. The highest BCUT2D eigenvalue weighted by molar-refractivity contribution is 6.30. The minimum atomic E-state index is -0.368. The lowest BCUT2D eigenvalue weighted by atomic mass is 10.2. The van der Waals surface area contributed by atoms with Gasteiger partial charge in [-0.1, -0.05) is 11.6 Å². The van der Waals surface area contributed by atoms with Crippen LogP contribution in [0.4, 0.5) is 5.82 Å². The summed E-state index contributed by atoms with van der Waals surface area (Å²) in [5.41, 5.74) is 7.22. The first-order valence-corrected chi connectivity index (χ1v) is 9.21. The predicted molar refractivity (Wildman–Crippen MR) is 112 cm³/mol. The lowest BCUT2D eigenvalue weighted by Gasteiger charge is -2.11. The van der Waals surface area contributed by atoms with Gasteiger partial charge in [0.15, 0.2) is 23.0 Å². The third-order valence-corrected chi connectivity index (χ3v) is 4.63. The van der Waals surface area contributed by atoms with Crippen molar-refractivity contribution in [3.63, 3.8) is 0 Å². The normalized spacial score (nSPS) is 10.6. The first kappa shape index (κ1) is 19.5. The quantitative estimate of drug-likeness (QED) is 0.458. The van der Waals surface area contributed by atoms with Gasteiger partial charge in [-0.2, -0.15) is 5.10 Å². The molecule has 1 amide bonds. The van der Waals surface area contributed by atoms with E-state index in [1.807, 2.05) is 12.1 Å². The van der Waals surface area contributed by atoms with Crippen LogP contribution in [0.25, 0.3) is 16.7 Å². The standard InChI is InChI=1S/C20H17ClN6O3/c1-29-16-8-3-12(9-17(16)30-2)20(28)26-25-18-15-10-24-27(19(15)23-11-22-18)14-6-4-13(21)5-7-14/h3-11H,1-2H3,(H,26,28)(H,22,23,25). The summed E-state index contributed by atoms with van der Waals surface area (Å²) in [4.78, 5) is 21.0. The van der Waals surface area contributed by atoms with E-state index in [0.717, 1.165) is 5.69 Å². The molecule has 0 aliphatic rings. The molecule has 2 N–H and O–H groups in total. The van der Waals surface area contributed by atoms with Crippen molar-refractivity contribution in [2.45, 2.75) is 0 Å². The number of fused-ring (bicyclic) bond motifs is 1. The van der Waals surface area contributed by atoms with Gasteiger partial charge in [-0.15, -0.1) is 0 Å². The fourth-order valence-electron chi connectivity index (χ4n) is 2.88. The van der Waals surface area contributed by atoms with E-state index in [-0.39, 0.29) is 5.91 Å². The fraction of sp³-hybridized carbons (Fsp3) is 0.100. The van der Waals surface area contributed by atoms with Crippen molar-refractivity contribution in [3.05, 3.63) is 65.6 Å². The number of amides is 1. The highest BCUT2D eigenvalue weighted by Gasteiger charge is 2.14. The summed E-state index contributed by atoms with van der Waals surface area (Å²) >= 11 is 5.95. The number of anilines is 1. The minimum Gasteiger partial charge on any atom is -0.493 e. The number of halogens is 1. The number of hydrogen-bond donors (Lipinski definition) is 2. The second-order valence-corrected chi connectivity index (χ2v) is 6.58. The highest BCUT2D eigenvalue weighted by Crippen LogP contribution is 2.27. The van der Waals surface area contributed by atoms with E-state index in [1.54, 1.807) is 41.2 Å². The Labute approximate surface area is 176 Å². The van der Waals surface area contributed by atoms with Crippen molar-refractivity contribution in [1.29, 1.82) is 0 Å². The SMILES string of the molecule is COc1ccc(C(=O)NNc2ncnc3c2cnn3-c2ccc(Cl)cc2)cc1OC. The third-order valence-electron chi connectivity index (χ3n) is 4.38. The van der Waals surface area contributed by atoms with E-state index in [1.165, 1.54) is 20.5 Å². The van der Waals surface area contributed by atoms with Crippen LogP contribution in [0.15, 0.2) is 55.0 Å². The zero-order valence-electron chi connectivity index (χ0n) is 16.1. The van der Waals surface area contributed by atoms with Crippen LogP contribution in [0.5, 0.6) is 11.5 Å². The Bertz CT molecular complexity index is 1210. The average molecular weight is 425 g/mol. The number of ether oxygens (including phenoxy) is 2. The summed E-state index contributed by atoms with van der Waals surface area (Å²) in [5.74, 6) is 1.04. The average Bonchev–Trinajstić information content (AvgIpc) is 3.22. The Morgan fingerprint density at radius 2 is 1.80 bits per heavy atom. The maximum Gasteiger partial charge on any atom is 0.269 e. The molecular weight excluding hydrogens is 408 g/mol. The van der Waals surface area contributed by atoms with Crippen molar-refractivity contribution in [2.24, 2.45) is 0 Å². The minimum absolute atomic E-state index is 0.368. The van der Waals surface area contributed by atoms with Gasteiger partial charge >= 0.3 is 0 Å². The molecule has 0 fully saturated rings. The maximum absolute atomic E-state index is 12.5. The van der Waals surface area contributed by atoms with Crippen LogP contribution >= 0.6 is 11.6 Å². The molecule has 0 spiro atoms. The summed E-state index contributed by atoms with van der Waals surface area (Å²) < 4.78 is 12.1. The van der Waals surface area contributed by atoms with E-state index in [4.69, 9.17) is 21.1 Å². The van der Waals surface area contributed by atoms with E-state index < -0.39 is 0 Å². The summed E-state index contributed by atoms with van der Waals surface area (Å²) in [6.07, 6.45) is 3.01. The van der Waals surface area contributed by atoms with Gasteiger partial charge in [-0.05, 0) is 42.5 Å². The molecule has 4 rings (SSSR count). The van der Waals surface area contributed by atoms with E-state index in [9.17, 15) is 4.79 Å². The number of rotatable bonds is 6. The molecule has 30 heavy (non-hydrogen) atoms. The zero-order valence-corrected chi connectivity index (χ0v) is 16.8. The van der Waals surface area contributed by atoms with Crippen molar-refractivity contribution in [3.8, 4) is 17.2 Å². The van der Waals surface area contributed by atoms with Crippen molar-refractivity contribution >= 4 is 34.4 Å². The van der Waals surface area contributed by atoms with Crippen LogP contribution < -0.4 is 20.3 Å². The number of benzene rings is 2. The number of carbonyl (C=O) groups excluding carboxylic acids is 1. The molecule has 0 saturated carbocycles. The lowest BCUT2D eigenvalue weighted by Crippen LogP contribution is -2.30. The van der Waals surface area contributed by atoms with Crippen LogP contribution in [0.3, 0.4) is 0 Å². The van der Waals surface area contributed by atoms with Gasteiger partial charge in [0.25, 0.3) is 5.91 Å². The molecule has 0 saturated heterocycles. The molecule has 0 bridgehead atoms. The van der Waals surface area contributed by atoms with E-state index in [2.05, 4.69) is 25.9 Å². The highest BCUT2D eigenvalue weighted by atomic mass is 35.5. The number of nitrogens with zero attached hydrogens (tertiary/aromatic N) is 4. The van der Waals surface area contributed by atoms with Gasteiger partial charge in [0.2, 0.25) is 0 Å². The molecule has 0 radical (unpaired) electrons. The number of nitrogens with one attached hydrogen (secondary N) is 2. The Hall–Kier alpha value is -3.85. The smallest absolute Gasteiger partial charge is 0.269 e. The van der Waals surface area contributed by atoms with Crippen LogP contribution in [-0.2, 0) is 0 Å². The lowest BCUT2D eigenvalue weighted by molar-refractivity contribution is 0.0962. The Morgan fingerprint density at radius 3 is 2.53 bits per heavy atom. The second kappa shape index (κ2) is 8.26. The predicted octanol–water partition coefficient (Wildman–Crippen LogP) is 3.24. The number of hydrogen-bond acceptors (Lipinski definition) is 7. The van der Waals surface area contributed by atoms with Gasteiger partial charge in [0.1, 0.15) is 6.33 Å². The van der Waals surface area contributed by atoms with Gasteiger partial charge in [-0.25, -0.2) is 14.6 Å². The van der Waals surface area contributed by atoms with Gasteiger partial charge < -0.3 is 9.47 Å². The van der Waals surface area contributed by atoms with Crippen LogP contribution in [0.2, 0.25) is 5.02 Å². The van der Waals surface area contributed by atoms with Gasteiger partial charge in [-0.3, -0.25) is 15.6 Å². The summed E-state index contributed by atoms with van der Waals surface area (Å²) in [6.45, 7) is 0. The Balaban J connectivity index is 1.56. The van der Waals surface area contributed by atoms with Gasteiger partial charge in [0.05, 0.1) is 31.5 Å². The first-order valence-electron chi connectivity index (χ1n) is 8.83. The second-order valence-electron chi connectivity index (χ2n) is 6.14. The fourth-order valence-corrected chi connectivity index (χ4v) is 3.01. The molecule has 152 valence electrons. The molecule has 0 aliphatic heterocycles. The molecule has 0 aliphatic carbocycles. The Morgan fingerprint density at radius 1 is 1.03 bits per heavy atom. The summed E-state index contributed by atoms with van der Waals surface area (Å²) in [6, 6.07) is 12.1. The topological polar surface area (TPSA) is 103 Å². The van der Waals surface area contributed by atoms with E-state index in [0.29, 0.717) is 38.9 Å². The third kappa shape index (κ3) is 3.70. The molecule has 9 nitrogen and oxygen atoms in total. The van der Waals surface area contributed by atoms with Crippen LogP contribution in [0.1, 0.15) is 10.4 Å². The molecule has 2 heterocycles. The van der Waals surface area contributed by atoms with Crippen molar-refractivity contribution in [2.75, 3.05) is 19.6 Å². The monoisotopic (exact) mass is 424 g/mol. The first-order chi connectivity index (χ1) is 14.6. The zero-order chi connectivity index (χ0) is 21.1. The van der Waals surface area contributed by atoms with Crippen molar-refractivity contribution < 1.29 is 14.3 Å². The van der Waals surface area contributed by atoms with E-state index >= 15 is 0 Å². The molecule has 10 heteroatoms. The molecule has 0 unspecified atom stereocenters. The molecular formula is C20H17ClN6O3. The number of hydrazine groups is 1. The molecule has 2 aromatic carbocycles.